The van der Waals surface area contributed by atoms with E-state index < -0.39 is 0 Å². The zero-order valence-corrected chi connectivity index (χ0v) is 7.52. The Hall–Kier alpha value is -0.700. The summed E-state index contributed by atoms with van der Waals surface area (Å²) < 4.78 is 0. The lowest BCUT2D eigenvalue weighted by Gasteiger charge is -1.98. The number of nitrogens with zero attached hydrogens (tertiary/aromatic N) is 1. The van der Waals surface area contributed by atoms with E-state index in [2.05, 4.69) is 18.8 Å². The second-order valence-corrected chi connectivity index (χ2v) is 3.78. The molecule has 0 radical (unpaired) electrons. The number of carbonyl (C=O) groups is 1. The van der Waals surface area contributed by atoms with Crippen LogP contribution in [0, 0.1) is 5.92 Å². The molecule has 0 aliphatic heterocycles. The average molecular weight is 169 g/mol. The second-order valence-electron chi connectivity index (χ2n) is 2.89. The van der Waals surface area contributed by atoms with Crippen molar-refractivity contribution in [1.82, 2.24) is 4.98 Å². The number of aldehydes is 1. The van der Waals surface area contributed by atoms with Crippen molar-refractivity contribution >= 4 is 17.6 Å². The third kappa shape index (κ3) is 2.42. The highest BCUT2D eigenvalue weighted by Gasteiger charge is 2.02. The number of carbonyl (C=O) groups excluding carboxylic acids is 1. The molecule has 3 heteroatoms. The highest BCUT2D eigenvalue weighted by atomic mass is 32.1. The third-order valence-corrected chi connectivity index (χ3v) is 2.11. The van der Waals surface area contributed by atoms with Crippen molar-refractivity contribution in [2.24, 2.45) is 5.92 Å². The molecule has 0 aliphatic rings. The van der Waals surface area contributed by atoms with Crippen molar-refractivity contribution in [3.8, 4) is 0 Å². The molecule has 0 unspecified atom stereocenters. The molecule has 0 bridgehead atoms. The molecular formula is C8H11NOS. The smallest absolute Gasteiger partial charge is 0.178 e. The zero-order chi connectivity index (χ0) is 8.27. The Morgan fingerprint density at radius 2 is 2.45 bits per heavy atom. The Morgan fingerprint density at radius 1 is 1.73 bits per heavy atom. The standard InChI is InChI=1S/C8H11NOS/c1-6(2)3-7-5-11-8(4-10)9-7/h4-6H,3H2,1-2H3. The Balaban J connectivity index is 2.65. The van der Waals surface area contributed by atoms with Crippen LogP contribution in [0.3, 0.4) is 0 Å². The van der Waals surface area contributed by atoms with E-state index in [1.165, 1.54) is 11.3 Å². The van der Waals surface area contributed by atoms with E-state index in [1.807, 2.05) is 5.38 Å². The first kappa shape index (κ1) is 8.40. The van der Waals surface area contributed by atoms with Crippen LogP contribution in [-0.4, -0.2) is 11.3 Å². The lowest BCUT2D eigenvalue weighted by Crippen LogP contribution is -1.94. The molecule has 0 saturated heterocycles. The predicted molar refractivity (Wildman–Crippen MR) is 46.0 cm³/mol. The minimum atomic E-state index is 0.584. The fourth-order valence-corrected chi connectivity index (χ4v) is 1.52. The molecule has 1 rings (SSSR count). The summed E-state index contributed by atoms with van der Waals surface area (Å²) in [6.45, 7) is 4.28. The van der Waals surface area contributed by atoms with Gasteiger partial charge in [0.1, 0.15) is 0 Å². The van der Waals surface area contributed by atoms with Crippen molar-refractivity contribution < 1.29 is 4.79 Å². The number of hydrogen-bond acceptors (Lipinski definition) is 3. The van der Waals surface area contributed by atoms with Gasteiger partial charge in [-0.2, -0.15) is 0 Å². The third-order valence-electron chi connectivity index (χ3n) is 1.29. The van der Waals surface area contributed by atoms with Crippen LogP contribution in [0.5, 0.6) is 0 Å². The first-order valence-electron chi connectivity index (χ1n) is 3.62. The number of thiazole rings is 1. The SMILES string of the molecule is CC(C)Cc1csc(C=O)n1. The van der Waals surface area contributed by atoms with Crippen LogP contribution in [-0.2, 0) is 6.42 Å². The summed E-state index contributed by atoms with van der Waals surface area (Å²) in [7, 11) is 0. The Kier molecular flexibility index (Phi) is 2.76. The Bertz CT molecular complexity index is 242. The van der Waals surface area contributed by atoms with Crippen molar-refractivity contribution in [2.45, 2.75) is 20.3 Å². The minimum Gasteiger partial charge on any atom is -0.295 e. The van der Waals surface area contributed by atoms with Gasteiger partial charge in [-0.1, -0.05) is 13.8 Å². The van der Waals surface area contributed by atoms with Gasteiger partial charge in [-0.25, -0.2) is 4.98 Å². The average Bonchev–Trinajstić information content (AvgIpc) is 2.34. The van der Waals surface area contributed by atoms with Gasteiger partial charge in [-0.05, 0) is 12.3 Å². The molecule has 0 fully saturated rings. The van der Waals surface area contributed by atoms with Crippen molar-refractivity contribution in [3.63, 3.8) is 0 Å². The van der Waals surface area contributed by atoms with Gasteiger partial charge in [0.05, 0.1) is 5.69 Å². The van der Waals surface area contributed by atoms with Gasteiger partial charge in [0.25, 0.3) is 0 Å². The van der Waals surface area contributed by atoms with Crippen LogP contribution in [0.25, 0.3) is 0 Å². The number of rotatable bonds is 3. The molecule has 1 heterocycles. The molecule has 1 aromatic rings. The van der Waals surface area contributed by atoms with Gasteiger partial charge in [-0.15, -0.1) is 11.3 Å². The van der Waals surface area contributed by atoms with Crippen molar-refractivity contribution in [3.05, 3.63) is 16.1 Å². The molecule has 11 heavy (non-hydrogen) atoms. The van der Waals surface area contributed by atoms with Crippen LogP contribution < -0.4 is 0 Å². The van der Waals surface area contributed by atoms with E-state index in [9.17, 15) is 4.79 Å². The van der Waals surface area contributed by atoms with Gasteiger partial charge in [-0.3, -0.25) is 4.79 Å². The van der Waals surface area contributed by atoms with Gasteiger partial charge in [0.2, 0.25) is 0 Å². The summed E-state index contributed by atoms with van der Waals surface area (Å²) >= 11 is 1.41. The largest absolute Gasteiger partial charge is 0.295 e. The van der Waals surface area contributed by atoms with Gasteiger partial charge >= 0.3 is 0 Å². The maximum Gasteiger partial charge on any atom is 0.178 e. The maximum absolute atomic E-state index is 10.3. The quantitative estimate of drug-likeness (QED) is 0.649. The second kappa shape index (κ2) is 3.62. The molecular weight excluding hydrogens is 158 g/mol. The topological polar surface area (TPSA) is 30.0 Å². The summed E-state index contributed by atoms with van der Waals surface area (Å²) in [6, 6.07) is 0. The summed E-state index contributed by atoms with van der Waals surface area (Å²) in [4.78, 5) is 14.4. The molecule has 1 aromatic heterocycles. The lowest BCUT2D eigenvalue weighted by atomic mass is 10.1. The summed E-state index contributed by atoms with van der Waals surface area (Å²) in [5.41, 5.74) is 1.03. The summed E-state index contributed by atoms with van der Waals surface area (Å²) in [6.07, 6.45) is 1.76. The fourth-order valence-electron chi connectivity index (χ4n) is 0.889. The zero-order valence-electron chi connectivity index (χ0n) is 6.70. The Labute approximate surface area is 70.3 Å². The monoisotopic (exact) mass is 169 g/mol. The van der Waals surface area contributed by atoms with Gasteiger partial charge < -0.3 is 0 Å². The number of aromatic nitrogens is 1. The van der Waals surface area contributed by atoms with E-state index in [0.29, 0.717) is 10.9 Å². The van der Waals surface area contributed by atoms with Crippen LogP contribution in [0.1, 0.15) is 29.3 Å². The van der Waals surface area contributed by atoms with E-state index in [1.54, 1.807) is 0 Å². The molecule has 0 saturated carbocycles. The van der Waals surface area contributed by atoms with Gasteiger partial charge in [0.15, 0.2) is 11.3 Å². The van der Waals surface area contributed by atoms with Crippen molar-refractivity contribution in [2.75, 3.05) is 0 Å². The van der Waals surface area contributed by atoms with Crippen LogP contribution >= 0.6 is 11.3 Å². The molecule has 0 amide bonds. The summed E-state index contributed by atoms with van der Waals surface area (Å²) in [5.74, 6) is 0.608. The molecule has 0 aromatic carbocycles. The predicted octanol–water partition coefficient (Wildman–Crippen LogP) is 2.15. The maximum atomic E-state index is 10.3. The van der Waals surface area contributed by atoms with Crippen LogP contribution in [0.4, 0.5) is 0 Å². The first-order valence-corrected chi connectivity index (χ1v) is 4.50. The molecule has 0 aliphatic carbocycles. The summed E-state index contributed by atoms with van der Waals surface area (Å²) in [5, 5.41) is 2.53. The highest BCUT2D eigenvalue weighted by molar-refractivity contribution is 7.11. The molecule has 2 nitrogen and oxygen atoms in total. The normalized spacial score (nSPS) is 10.5. The van der Waals surface area contributed by atoms with Crippen LogP contribution in [0.15, 0.2) is 5.38 Å². The first-order chi connectivity index (χ1) is 5.22. The molecule has 0 N–H and O–H groups in total. The van der Waals surface area contributed by atoms with Crippen molar-refractivity contribution in [1.29, 1.82) is 0 Å². The molecule has 0 spiro atoms. The van der Waals surface area contributed by atoms with Crippen LogP contribution in [0.2, 0.25) is 0 Å². The van der Waals surface area contributed by atoms with Gasteiger partial charge in [0, 0.05) is 5.38 Å². The fraction of sp³-hybridized carbons (Fsp3) is 0.500. The van der Waals surface area contributed by atoms with E-state index in [0.717, 1.165) is 18.4 Å². The van der Waals surface area contributed by atoms with E-state index in [-0.39, 0.29) is 0 Å². The highest BCUT2D eigenvalue weighted by Crippen LogP contribution is 2.11. The molecule has 0 atom stereocenters. The molecule has 60 valence electrons. The van der Waals surface area contributed by atoms with E-state index >= 15 is 0 Å². The number of hydrogen-bond donors (Lipinski definition) is 0. The Morgan fingerprint density at radius 3 is 2.91 bits per heavy atom. The van der Waals surface area contributed by atoms with E-state index in [4.69, 9.17) is 0 Å². The minimum absolute atomic E-state index is 0.584. The lowest BCUT2D eigenvalue weighted by molar-refractivity contribution is 0.112.